The molecule has 1 aliphatic heterocycles. The van der Waals surface area contributed by atoms with Crippen molar-refractivity contribution in [1.29, 1.82) is 0 Å². The number of hydrogen-bond donors (Lipinski definition) is 2. The van der Waals surface area contributed by atoms with Crippen molar-refractivity contribution in [3.05, 3.63) is 54.2 Å². The third-order valence-electron chi connectivity index (χ3n) is 8.50. The summed E-state index contributed by atoms with van der Waals surface area (Å²) in [6.45, 7) is 8.07. The highest BCUT2D eigenvalue weighted by molar-refractivity contribution is 6.07. The maximum atomic E-state index is 13.3. The first-order chi connectivity index (χ1) is 19.9. The SMILES string of the molecule is CCOc1cccc2c1cc(C(=O)Nc1ccc(N3CCN(C(=O)C4CCC(CC(=O)O)CC4)CC3)cc1)n2CC. The molecule has 3 aromatic rings. The van der Waals surface area contributed by atoms with Crippen LogP contribution in [0.2, 0.25) is 0 Å². The molecule has 0 bridgehead atoms. The Hall–Kier alpha value is -4.01. The van der Waals surface area contributed by atoms with Crippen molar-refractivity contribution in [2.24, 2.45) is 11.8 Å². The van der Waals surface area contributed by atoms with Gasteiger partial charge < -0.3 is 29.5 Å². The highest BCUT2D eigenvalue weighted by Gasteiger charge is 2.31. The molecule has 2 amide bonds. The molecule has 2 fully saturated rings. The average Bonchev–Trinajstić information content (AvgIpc) is 3.37. The smallest absolute Gasteiger partial charge is 0.303 e. The summed E-state index contributed by atoms with van der Waals surface area (Å²) in [6, 6.07) is 15.7. The van der Waals surface area contributed by atoms with Gasteiger partial charge in [-0.25, -0.2) is 0 Å². The number of anilines is 2. The molecular weight excluding hydrogens is 520 g/mol. The summed E-state index contributed by atoms with van der Waals surface area (Å²) in [7, 11) is 0. The molecule has 41 heavy (non-hydrogen) atoms. The van der Waals surface area contributed by atoms with E-state index < -0.39 is 5.97 Å². The van der Waals surface area contributed by atoms with Gasteiger partial charge in [0.2, 0.25) is 5.91 Å². The van der Waals surface area contributed by atoms with E-state index in [2.05, 4.69) is 10.2 Å². The van der Waals surface area contributed by atoms with Crippen LogP contribution >= 0.6 is 0 Å². The quantitative estimate of drug-likeness (QED) is 0.371. The molecule has 2 aliphatic rings. The lowest BCUT2D eigenvalue weighted by molar-refractivity contribution is -0.139. The van der Waals surface area contributed by atoms with Crippen LogP contribution in [0.4, 0.5) is 11.4 Å². The van der Waals surface area contributed by atoms with Crippen molar-refractivity contribution in [2.75, 3.05) is 43.0 Å². The number of piperazine rings is 1. The molecule has 2 N–H and O–H groups in total. The van der Waals surface area contributed by atoms with E-state index in [4.69, 9.17) is 9.84 Å². The molecule has 0 radical (unpaired) electrons. The number of benzene rings is 2. The van der Waals surface area contributed by atoms with Gasteiger partial charge in [-0.05, 0) is 87.9 Å². The number of carboxylic acids is 1. The number of fused-ring (bicyclic) bond motifs is 1. The van der Waals surface area contributed by atoms with Crippen LogP contribution in [0.1, 0.15) is 56.4 Å². The van der Waals surface area contributed by atoms with E-state index in [-0.39, 0.29) is 30.1 Å². The minimum Gasteiger partial charge on any atom is -0.493 e. The zero-order valence-electron chi connectivity index (χ0n) is 24.0. The number of aryl methyl sites for hydroxylation is 1. The summed E-state index contributed by atoms with van der Waals surface area (Å²) < 4.78 is 7.78. The second-order valence-corrected chi connectivity index (χ2v) is 11.0. The Balaban J connectivity index is 1.16. The van der Waals surface area contributed by atoms with Crippen molar-refractivity contribution in [3.63, 3.8) is 0 Å². The Bertz CT molecular complexity index is 1380. The van der Waals surface area contributed by atoms with Crippen molar-refractivity contribution in [3.8, 4) is 5.75 Å². The predicted octanol–water partition coefficient (Wildman–Crippen LogP) is 5.24. The Morgan fingerprint density at radius 3 is 2.29 bits per heavy atom. The summed E-state index contributed by atoms with van der Waals surface area (Å²) in [5, 5.41) is 13.0. The summed E-state index contributed by atoms with van der Waals surface area (Å²) in [5.74, 6) is 0.304. The maximum absolute atomic E-state index is 13.3. The van der Waals surface area contributed by atoms with Gasteiger partial charge in [-0.1, -0.05) is 6.07 Å². The minimum absolute atomic E-state index is 0.0201. The van der Waals surface area contributed by atoms with E-state index in [9.17, 15) is 14.4 Å². The van der Waals surface area contributed by atoms with E-state index in [1.807, 2.05) is 71.8 Å². The monoisotopic (exact) mass is 560 g/mol. The lowest BCUT2D eigenvalue weighted by atomic mass is 9.80. The van der Waals surface area contributed by atoms with E-state index in [0.29, 0.717) is 31.9 Å². The van der Waals surface area contributed by atoms with Crippen LogP contribution in [0.15, 0.2) is 48.5 Å². The molecule has 2 aromatic carbocycles. The van der Waals surface area contributed by atoms with Gasteiger partial charge in [-0.2, -0.15) is 0 Å². The maximum Gasteiger partial charge on any atom is 0.303 e. The van der Waals surface area contributed by atoms with Gasteiger partial charge in [-0.15, -0.1) is 0 Å². The normalized spacial score (nSPS) is 19.3. The standard InChI is InChI=1S/C32H40N4O5/c1-3-36-27-6-5-7-29(41-4-2)26(27)21-28(36)31(39)33-24-12-14-25(15-13-24)34-16-18-35(19-17-34)32(40)23-10-8-22(9-11-23)20-30(37)38/h5-7,12-15,21-23H,3-4,8-11,16-20H2,1-2H3,(H,33,39)(H,37,38). The molecule has 2 heterocycles. The third kappa shape index (κ3) is 6.34. The fourth-order valence-electron chi connectivity index (χ4n) is 6.32. The van der Waals surface area contributed by atoms with Crippen molar-refractivity contribution < 1.29 is 24.2 Å². The van der Waals surface area contributed by atoms with Crippen LogP contribution in [0.25, 0.3) is 10.9 Å². The van der Waals surface area contributed by atoms with E-state index in [1.165, 1.54) is 0 Å². The predicted molar refractivity (Wildman–Crippen MR) is 160 cm³/mol. The molecule has 0 unspecified atom stereocenters. The highest BCUT2D eigenvalue weighted by atomic mass is 16.5. The number of amides is 2. The summed E-state index contributed by atoms with van der Waals surface area (Å²) in [5.41, 5.74) is 3.36. The van der Waals surface area contributed by atoms with Crippen LogP contribution in [0.3, 0.4) is 0 Å². The largest absolute Gasteiger partial charge is 0.493 e. The number of aromatic nitrogens is 1. The van der Waals surface area contributed by atoms with Crippen molar-refractivity contribution >= 4 is 40.1 Å². The first-order valence-corrected chi connectivity index (χ1v) is 14.8. The lowest BCUT2D eigenvalue weighted by Gasteiger charge is -2.38. The van der Waals surface area contributed by atoms with Gasteiger partial charge in [0.15, 0.2) is 0 Å². The number of ether oxygens (including phenoxy) is 1. The molecule has 5 rings (SSSR count). The van der Waals surface area contributed by atoms with Crippen LogP contribution in [-0.2, 0) is 16.1 Å². The molecule has 1 saturated carbocycles. The van der Waals surface area contributed by atoms with E-state index in [1.54, 1.807) is 0 Å². The second-order valence-electron chi connectivity index (χ2n) is 11.0. The number of rotatable bonds is 9. The highest BCUT2D eigenvalue weighted by Crippen LogP contribution is 2.33. The van der Waals surface area contributed by atoms with Gasteiger partial charge in [-0.3, -0.25) is 14.4 Å². The average molecular weight is 561 g/mol. The molecule has 1 aliphatic carbocycles. The number of carbonyl (C=O) groups is 3. The van der Waals surface area contributed by atoms with Crippen LogP contribution in [-0.4, -0.2) is 65.1 Å². The zero-order chi connectivity index (χ0) is 28.9. The number of nitrogens with zero attached hydrogens (tertiary/aromatic N) is 3. The molecule has 0 atom stereocenters. The van der Waals surface area contributed by atoms with Crippen LogP contribution in [0, 0.1) is 11.8 Å². The molecule has 9 heteroatoms. The number of nitrogens with one attached hydrogen (secondary N) is 1. The number of hydrogen-bond acceptors (Lipinski definition) is 5. The number of carboxylic acid groups (broad SMARTS) is 1. The number of aliphatic carboxylic acids is 1. The molecule has 0 spiro atoms. The zero-order valence-corrected chi connectivity index (χ0v) is 24.0. The summed E-state index contributed by atoms with van der Waals surface area (Å²) in [4.78, 5) is 41.6. The van der Waals surface area contributed by atoms with Gasteiger partial charge in [0.05, 0.1) is 12.1 Å². The Labute approximate surface area is 241 Å². The first-order valence-electron chi connectivity index (χ1n) is 14.8. The fraction of sp³-hybridized carbons (Fsp3) is 0.469. The molecular formula is C32H40N4O5. The third-order valence-corrected chi connectivity index (χ3v) is 8.50. The van der Waals surface area contributed by atoms with Gasteiger partial charge in [0, 0.05) is 61.8 Å². The first kappa shape index (κ1) is 28.5. The fourth-order valence-corrected chi connectivity index (χ4v) is 6.32. The van der Waals surface area contributed by atoms with Crippen LogP contribution < -0.4 is 15.0 Å². The van der Waals surface area contributed by atoms with Crippen LogP contribution in [0.5, 0.6) is 5.75 Å². The Kier molecular flexibility index (Phi) is 8.81. The second kappa shape index (κ2) is 12.7. The van der Waals surface area contributed by atoms with Gasteiger partial charge in [0.1, 0.15) is 11.4 Å². The van der Waals surface area contributed by atoms with Gasteiger partial charge >= 0.3 is 5.97 Å². The molecule has 1 aromatic heterocycles. The van der Waals surface area contributed by atoms with E-state index >= 15 is 0 Å². The van der Waals surface area contributed by atoms with E-state index in [0.717, 1.165) is 66.8 Å². The summed E-state index contributed by atoms with van der Waals surface area (Å²) >= 11 is 0. The summed E-state index contributed by atoms with van der Waals surface area (Å²) in [6.07, 6.45) is 3.43. The molecule has 218 valence electrons. The number of carbonyl (C=O) groups excluding carboxylic acids is 2. The Morgan fingerprint density at radius 1 is 0.951 bits per heavy atom. The molecule has 1 saturated heterocycles. The Morgan fingerprint density at radius 2 is 1.66 bits per heavy atom. The topological polar surface area (TPSA) is 104 Å². The van der Waals surface area contributed by atoms with Crippen molar-refractivity contribution in [2.45, 2.75) is 52.5 Å². The van der Waals surface area contributed by atoms with Gasteiger partial charge in [0.25, 0.3) is 5.91 Å². The molecule has 9 nitrogen and oxygen atoms in total. The van der Waals surface area contributed by atoms with Crippen molar-refractivity contribution in [1.82, 2.24) is 9.47 Å². The minimum atomic E-state index is -0.747. The lowest BCUT2D eigenvalue weighted by Crippen LogP contribution is -2.50.